The van der Waals surface area contributed by atoms with Crippen molar-refractivity contribution in [1.29, 1.82) is 0 Å². The lowest BCUT2D eigenvalue weighted by Gasteiger charge is -2.31. The van der Waals surface area contributed by atoms with Crippen LogP contribution >= 0.6 is 0 Å². The third-order valence-electron chi connectivity index (χ3n) is 4.88. The van der Waals surface area contributed by atoms with Crippen LogP contribution in [0.25, 0.3) is 5.69 Å². The van der Waals surface area contributed by atoms with E-state index in [4.69, 9.17) is 4.74 Å². The number of esters is 1. The highest BCUT2D eigenvalue weighted by Gasteiger charge is 2.42. The molecular weight excluding hydrogens is 387 g/mol. The van der Waals surface area contributed by atoms with Crippen molar-refractivity contribution in [2.24, 2.45) is 5.92 Å². The smallest absolute Gasteiger partial charge is 0.434 e. The molecule has 1 aliphatic heterocycles. The molecule has 0 bridgehead atoms. The lowest BCUT2D eigenvalue weighted by molar-refractivity contribution is -0.149. The molecule has 29 heavy (non-hydrogen) atoms. The molecule has 2 aromatic rings. The van der Waals surface area contributed by atoms with Crippen molar-refractivity contribution >= 4 is 11.9 Å². The number of carbonyl (C=O) groups excluding carboxylic acids is 2. The summed E-state index contributed by atoms with van der Waals surface area (Å²) in [5, 5.41) is 3.84. The van der Waals surface area contributed by atoms with Gasteiger partial charge in [-0.15, -0.1) is 0 Å². The minimum absolute atomic E-state index is 0.0324. The molecule has 9 heteroatoms. The molecule has 1 fully saturated rings. The number of halogens is 3. The molecular formula is C20H22F3N3O3. The number of amides is 1. The van der Waals surface area contributed by atoms with Crippen LogP contribution in [0.4, 0.5) is 13.2 Å². The summed E-state index contributed by atoms with van der Waals surface area (Å²) in [5.41, 5.74) is -0.540. The fourth-order valence-electron chi connectivity index (χ4n) is 3.44. The molecule has 6 nitrogen and oxygen atoms in total. The predicted molar refractivity (Wildman–Crippen MR) is 98.6 cm³/mol. The highest BCUT2D eigenvalue weighted by atomic mass is 19.4. The third kappa shape index (κ3) is 4.44. The molecule has 1 unspecified atom stereocenters. The van der Waals surface area contributed by atoms with Crippen LogP contribution in [0.3, 0.4) is 0 Å². The Kier molecular flexibility index (Phi) is 5.95. The number of aryl methyl sites for hydroxylation is 1. The third-order valence-corrected chi connectivity index (χ3v) is 4.88. The predicted octanol–water partition coefficient (Wildman–Crippen LogP) is 3.61. The summed E-state index contributed by atoms with van der Waals surface area (Å²) in [7, 11) is 0. The second-order valence-electron chi connectivity index (χ2n) is 6.99. The minimum atomic E-state index is -4.78. The second kappa shape index (κ2) is 8.26. The maximum absolute atomic E-state index is 13.8. The molecule has 1 aromatic carbocycles. The number of nitrogens with zero attached hydrogens (tertiary/aromatic N) is 3. The number of piperidine rings is 1. The van der Waals surface area contributed by atoms with Crippen molar-refractivity contribution in [1.82, 2.24) is 14.7 Å². The first-order valence-corrected chi connectivity index (χ1v) is 9.40. The number of rotatable bonds is 4. The molecule has 2 heterocycles. The van der Waals surface area contributed by atoms with Crippen LogP contribution in [0.5, 0.6) is 0 Å². The van der Waals surface area contributed by atoms with Crippen molar-refractivity contribution in [3.8, 4) is 5.69 Å². The molecule has 156 valence electrons. The normalized spacial score (nSPS) is 17.3. The Morgan fingerprint density at radius 2 is 1.93 bits per heavy atom. The number of ether oxygens (including phenoxy) is 1. The van der Waals surface area contributed by atoms with E-state index in [1.165, 1.54) is 17.0 Å². The van der Waals surface area contributed by atoms with E-state index in [0.29, 0.717) is 12.8 Å². The average molecular weight is 409 g/mol. The molecule has 0 aliphatic carbocycles. The van der Waals surface area contributed by atoms with Crippen LogP contribution < -0.4 is 0 Å². The van der Waals surface area contributed by atoms with Gasteiger partial charge in [0.2, 0.25) is 0 Å². The van der Waals surface area contributed by atoms with Gasteiger partial charge in [-0.05, 0) is 38.8 Å². The molecule has 0 radical (unpaired) electrons. The van der Waals surface area contributed by atoms with Gasteiger partial charge in [-0.1, -0.05) is 17.7 Å². The van der Waals surface area contributed by atoms with E-state index in [2.05, 4.69) is 5.10 Å². The summed E-state index contributed by atoms with van der Waals surface area (Å²) in [6.45, 7) is 4.03. The molecule has 0 saturated carbocycles. The van der Waals surface area contributed by atoms with Gasteiger partial charge in [0.05, 0.1) is 30.0 Å². The summed E-state index contributed by atoms with van der Waals surface area (Å²) in [4.78, 5) is 26.2. The van der Waals surface area contributed by atoms with Crippen LogP contribution in [0.1, 0.15) is 41.4 Å². The van der Waals surface area contributed by atoms with Gasteiger partial charge >= 0.3 is 12.1 Å². The minimum Gasteiger partial charge on any atom is -0.466 e. The summed E-state index contributed by atoms with van der Waals surface area (Å²) in [6.07, 6.45) is -2.78. The molecule has 1 saturated heterocycles. The highest BCUT2D eigenvalue weighted by Crippen LogP contribution is 2.34. The van der Waals surface area contributed by atoms with Gasteiger partial charge in [0.1, 0.15) is 0 Å². The van der Waals surface area contributed by atoms with Gasteiger partial charge in [-0.2, -0.15) is 18.3 Å². The summed E-state index contributed by atoms with van der Waals surface area (Å²) >= 11 is 0. The Bertz CT molecular complexity index is 891. The number of hydrogen-bond acceptors (Lipinski definition) is 4. The zero-order valence-electron chi connectivity index (χ0n) is 16.2. The largest absolute Gasteiger partial charge is 0.466 e. The Hall–Kier alpha value is -2.84. The van der Waals surface area contributed by atoms with E-state index in [-0.39, 0.29) is 25.4 Å². The van der Waals surface area contributed by atoms with Gasteiger partial charge in [0.25, 0.3) is 5.91 Å². The maximum Gasteiger partial charge on any atom is 0.434 e. The zero-order valence-corrected chi connectivity index (χ0v) is 16.2. The number of aromatic nitrogens is 2. The van der Waals surface area contributed by atoms with Crippen LogP contribution in [-0.2, 0) is 15.7 Å². The number of likely N-dealkylation sites (tertiary alicyclic amines) is 1. The molecule has 3 rings (SSSR count). The zero-order chi connectivity index (χ0) is 21.2. The lowest BCUT2D eigenvalue weighted by Crippen LogP contribution is -2.43. The first kappa shape index (κ1) is 20.9. The molecule has 1 aliphatic rings. The van der Waals surface area contributed by atoms with Gasteiger partial charge < -0.3 is 9.64 Å². The van der Waals surface area contributed by atoms with Crippen molar-refractivity contribution in [3.63, 3.8) is 0 Å². The Balaban J connectivity index is 1.93. The first-order valence-electron chi connectivity index (χ1n) is 9.40. The van der Waals surface area contributed by atoms with E-state index in [9.17, 15) is 22.8 Å². The Labute approximate surface area is 166 Å². The maximum atomic E-state index is 13.8. The van der Waals surface area contributed by atoms with Crippen molar-refractivity contribution < 1.29 is 27.5 Å². The molecule has 1 atom stereocenters. The average Bonchev–Trinajstić information content (AvgIpc) is 3.14. The van der Waals surface area contributed by atoms with E-state index in [0.717, 1.165) is 16.4 Å². The van der Waals surface area contributed by atoms with Crippen molar-refractivity contribution in [2.45, 2.75) is 32.9 Å². The number of benzene rings is 1. The fourth-order valence-corrected chi connectivity index (χ4v) is 3.44. The van der Waals surface area contributed by atoms with Crippen molar-refractivity contribution in [2.75, 3.05) is 19.7 Å². The molecule has 1 amide bonds. The summed E-state index contributed by atoms with van der Waals surface area (Å²) < 4.78 is 47.2. The van der Waals surface area contributed by atoms with Crippen LogP contribution in [-0.4, -0.2) is 46.3 Å². The highest BCUT2D eigenvalue weighted by molar-refractivity contribution is 5.96. The quantitative estimate of drug-likeness (QED) is 0.724. The fraction of sp³-hybridized carbons (Fsp3) is 0.450. The van der Waals surface area contributed by atoms with Gasteiger partial charge in [0.15, 0.2) is 5.69 Å². The number of hydrogen-bond donors (Lipinski definition) is 0. The molecule has 1 aromatic heterocycles. The molecule has 0 spiro atoms. The van der Waals surface area contributed by atoms with Crippen LogP contribution in [0.2, 0.25) is 0 Å². The van der Waals surface area contributed by atoms with Gasteiger partial charge in [-0.3, -0.25) is 9.59 Å². The number of alkyl halides is 3. The summed E-state index contributed by atoms with van der Waals surface area (Å²) in [5.74, 6) is -1.75. The lowest BCUT2D eigenvalue weighted by atomic mass is 9.97. The van der Waals surface area contributed by atoms with Gasteiger partial charge in [-0.25, -0.2) is 4.68 Å². The second-order valence-corrected chi connectivity index (χ2v) is 6.99. The molecule has 0 N–H and O–H groups in total. The summed E-state index contributed by atoms with van der Waals surface area (Å²) in [6, 6.07) is 6.38. The SMILES string of the molecule is CCOC(=O)C1CCCN(C(=O)c2cnn(-c3ccc(C)cc3)c2C(F)(F)F)C1. The Morgan fingerprint density at radius 3 is 2.55 bits per heavy atom. The van der Waals surface area contributed by atoms with Crippen molar-refractivity contribution in [3.05, 3.63) is 47.3 Å². The van der Waals surface area contributed by atoms with Crippen LogP contribution in [0, 0.1) is 12.8 Å². The van der Waals surface area contributed by atoms with E-state index >= 15 is 0 Å². The first-order chi connectivity index (χ1) is 13.7. The number of carbonyl (C=O) groups is 2. The van der Waals surface area contributed by atoms with E-state index < -0.39 is 35.2 Å². The monoisotopic (exact) mass is 409 g/mol. The standard InChI is InChI=1S/C20H22F3N3O3/c1-3-29-19(28)14-5-4-10-25(12-14)18(27)16-11-24-26(17(16)20(21,22)23)15-8-6-13(2)7-9-15/h6-9,11,14H,3-5,10,12H2,1-2H3. The van der Waals surface area contributed by atoms with Crippen LogP contribution in [0.15, 0.2) is 30.5 Å². The Morgan fingerprint density at radius 1 is 1.24 bits per heavy atom. The van der Waals surface area contributed by atoms with E-state index in [1.807, 2.05) is 6.92 Å². The van der Waals surface area contributed by atoms with E-state index in [1.54, 1.807) is 19.1 Å². The van der Waals surface area contributed by atoms with Gasteiger partial charge in [0, 0.05) is 13.1 Å². The topological polar surface area (TPSA) is 64.4 Å².